The van der Waals surface area contributed by atoms with Crippen LogP contribution in [0.15, 0.2) is 48.5 Å². The summed E-state index contributed by atoms with van der Waals surface area (Å²) in [6, 6.07) is 15.6. The second-order valence-electron chi connectivity index (χ2n) is 8.34. The summed E-state index contributed by atoms with van der Waals surface area (Å²) in [6.45, 7) is 0.726. The molecule has 28 heavy (non-hydrogen) atoms. The highest BCUT2D eigenvalue weighted by molar-refractivity contribution is 5.82. The quantitative estimate of drug-likeness (QED) is 0.868. The molecule has 0 bridgehead atoms. The van der Waals surface area contributed by atoms with Crippen molar-refractivity contribution >= 4 is 12.1 Å². The molecule has 1 heterocycles. The van der Waals surface area contributed by atoms with E-state index in [1.54, 1.807) is 0 Å². The number of carboxylic acids is 1. The van der Waals surface area contributed by atoms with Gasteiger partial charge in [-0.1, -0.05) is 55.0 Å². The fourth-order valence-electron chi connectivity index (χ4n) is 5.18. The summed E-state index contributed by atoms with van der Waals surface area (Å²) >= 11 is 0. The highest BCUT2D eigenvalue weighted by Crippen LogP contribution is 2.50. The first-order valence-corrected chi connectivity index (χ1v) is 9.92. The predicted molar refractivity (Wildman–Crippen MR) is 104 cm³/mol. The lowest BCUT2D eigenvalue weighted by atomic mass is 9.67. The van der Waals surface area contributed by atoms with Crippen LogP contribution in [-0.2, 0) is 9.53 Å². The largest absolute Gasteiger partial charge is 0.480 e. The molecule has 2 fully saturated rings. The van der Waals surface area contributed by atoms with Crippen molar-refractivity contribution in [2.45, 2.75) is 37.6 Å². The van der Waals surface area contributed by atoms with E-state index in [0.717, 1.165) is 30.4 Å². The molecule has 1 N–H and O–H groups in total. The summed E-state index contributed by atoms with van der Waals surface area (Å²) in [4.78, 5) is 25.9. The molecule has 0 aromatic heterocycles. The highest BCUT2D eigenvalue weighted by Gasteiger charge is 2.52. The van der Waals surface area contributed by atoms with E-state index in [2.05, 4.69) is 24.3 Å². The predicted octanol–water partition coefficient (Wildman–Crippen LogP) is 4.26. The van der Waals surface area contributed by atoms with E-state index in [0.29, 0.717) is 13.0 Å². The summed E-state index contributed by atoms with van der Waals surface area (Å²) in [5.74, 6) is -0.947. The number of carbonyl (C=O) groups excluding carboxylic acids is 1. The Hall–Kier alpha value is -2.82. The van der Waals surface area contributed by atoms with Crippen molar-refractivity contribution in [2.24, 2.45) is 5.41 Å². The third-order valence-corrected chi connectivity index (χ3v) is 6.78. The smallest absolute Gasteiger partial charge is 0.410 e. The maximum absolute atomic E-state index is 12.8. The van der Waals surface area contributed by atoms with Crippen molar-refractivity contribution in [3.8, 4) is 11.1 Å². The van der Waals surface area contributed by atoms with Gasteiger partial charge in [-0.25, -0.2) is 9.59 Å². The van der Waals surface area contributed by atoms with Crippen molar-refractivity contribution in [3.05, 3.63) is 59.7 Å². The topological polar surface area (TPSA) is 66.8 Å². The van der Waals surface area contributed by atoms with E-state index in [9.17, 15) is 14.7 Å². The Labute approximate surface area is 163 Å². The number of benzene rings is 2. The van der Waals surface area contributed by atoms with Crippen molar-refractivity contribution in [1.29, 1.82) is 0 Å². The molecule has 1 aliphatic heterocycles. The number of rotatable bonds is 3. The molecule has 3 aliphatic rings. The van der Waals surface area contributed by atoms with Crippen LogP contribution in [-0.4, -0.2) is 41.3 Å². The molecule has 1 unspecified atom stereocenters. The molecule has 1 atom stereocenters. The van der Waals surface area contributed by atoms with Gasteiger partial charge in [-0.3, -0.25) is 4.90 Å². The monoisotopic (exact) mass is 377 g/mol. The Bertz CT molecular complexity index is 904. The number of fused-ring (bicyclic) bond motifs is 3. The molecule has 5 nitrogen and oxygen atoms in total. The van der Waals surface area contributed by atoms with Gasteiger partial charge in [-0.05, 0) is 46.9 Å². The first-order valence-electron chi connectivity index (χ1n) is 9.92. The number of aliphatic carboxylic acids is 1. The van der Waals surface area contributed by atoms with Crippen molar-refractivity contribution in [3.63, 3.8) is 0 Å². The lowest BCUT2D eigenvalue weighted by Gasteiger charge is -2.37. The number of likely N-dealkylation sites (tertiary alicyclic amines) is 1. The third-order valence-electron chi connectivity index (χ3n) is 6.78. The minimum atomic E-state index is -0.933. The molecular weight excluding hydrogens is 354 g/mol. The Morgan fingerprint density at radius 1 is 1.04 bits per heavy atom. The van der Waals surface area contributed by atoms with Crippen LogP contribution in [0.2, 0.25) is 0 Å². The molecule has 5 rings (SSSR count). The van der Waals surface area contributed by atoms with E-state index in [-0.39, 0.29) is 17.9 Å². The summed E-state index contributed by atoms with van der Waals surface area (Å²) in [5, 5.41) is 9.58. The highest BCUT2D eigenvalue weighted by atomic mass is 16.6. The number of ether oxygens (including phenoxy) is 1. The van der Waals surface area contributed by atoms with Gasteiger partial charge < -0.3 is 9.84 Å². The molecule has 2 aliphatic carbocycles. The van der Waals surface area contributed by atoms with Gasteiger partial charge in [-0.15, -0.1) is 0 Å². The Morgan fingerprint density at radius 3 is 2.18 bits per heavy atom. The summed E-state index contributed by atoms with van der Waals surface area (Å²) < 4.78 is 5.69. The fourth-order valence-corrected chi connectivity index (χ4v) is 5.18. The molecule has 0 radical (unpaired) electrons. The second kappa shape index (κ2) is 6.36. The van der Waals surface area contributed by atoms with Crippen LogP contribution in [0.1, 0.15) is 42.7 Å². The van der Waals surface area contributed by atoms with E-state index < -0.39 is 18.1 Å². The summed E-state index contributed by atoms with van der Waals surface area (Å²) in [7, 11) is 0. The molecule has 1 amide bonds. The summed E-state index contributed by atoms with van der Waals surface area (Å²) in [6.07, 6.45) is 3.17. The minimum absolute atomic E-state index is 0.00532. The van der Waals surface area contributed by atoms with Gasteiger partial charge in [0.2, 0.25) is 0 Å². The molecular formula is C23H23NO4. The third kappa shape index (κ3) is 2.60. The molecule has 144 valence electrons. The second-order valence-corrected chi connectivity index (χ2v) is 8.34. The number of hydrogen-bond acceptors (Lipinski definition) is 3. The maximum Gasteiger partial charge on any atom is 0.410 e. The van der Waals surface area contributed by atoms with E-state index >= 15 is 0 Å². The average Bonchev–Trinajstić information content (AvgIpc) is 3.24. The number of carbonyl (C=O) groups is 2. The van der Waals surface area contributed by atoms with Gasteiger partial charge in [0.25, 0.3) is 0 Å². The van der Waals surface area contributed by atoms with Gasteiger partial charge >= 0.3 is 12.1 Å². The molecule has 1 spiro atoms. The number of carboxylic acid groups (broad SMARTS) is 1. The lowest BCUT2D eigenvalue weighted by Crippen LogP contribution is -2.41. The van der Waals surface area contributed by atoms with Gasteiger partial charge in [0.1, 0.15) is 12.6 Å². The van der Waals surface area contributed by atoms with Crippen molar-refractivity contribution in [2.75, 3.05) is 13.2 Å². The van der Waals surface area contributed by atoms with Crippen molar-refractivity contribution < 1.29 is 19.4 Å². The number of amides is 1. The fraction of sp³-hybridized carbons (Fsp3) is 0.391. The van der Waals surface area contributed by atoms with E-state index in [1.165, 1.54) is 16.0 Å². The van der Waals surface area contributed by atoms with E-state index in [1.807, 2.05) is 24.3 Å². The van der Waals surface area contributed by atoms with Gasteiger partial charge in [0.05, 0.1) is 0 Å². The number of hydrogen-bond donors (Lipinski definition) is 1. The first-order chi connectivity index (χ1) is 13.6. The van der Waals surface area contributed by atoms with Crippen LogP contribution >= 0.6 is 0 Å². The Balaban J connectivity index is 1.35. The van der Waals surface area contributed by atoms with Crippen LogP contribution in [0.5, 0.6) is 0 Å². The molecule has 2 aromatic carbocycles. The Morgan fingerprint density at radius 2 is 1.64 bits per heavy atom. The minimum Gasteiger partial charge on any atom is -0.480 e. The lowest BCUT2D eigenvalue weighted by molar-refractivity contribution is -0.141. The molecule has 2 aromatic rings. The average molecular weight is 377 g/mol. The van der Waals surface area contributed by atoms with E-state index in [4.69, 9.17) is 4.74 Å². The SMILES string of the molecule is O=C(O)C1CC2(CCC2)CN1C(=O)OCC1c2ccccc2-c2ccccc21. The molecule has 1 saturated heterocycles. The van der Waals surface area contributed by atoms with Gasteiger partial charge in [-0.2, -0.15) is 0 Å². The number of nitrogens with zero attached hydrogens (tertiary/aromatic N) is 1. The zero-order valence-electron chi connectivity index (χ0n) is 15.6. The molecule has 5 heteroatoms. The van der Waals surface area contributed by atoms with Gasteiger partial charge in [0.15, 0.2) is 0 Å². The van der Waals surface area contributed by atoms with Crippen LogP contribution < -0.4 is 0 Å². The molecule has 1 saturated carbocycles. The standard InChI is InChI=1S/C23H23NO4/c25-21(26)20-12-23(10-5-11-23)14-24(20)22(27)28-13-19-17-8-3-1-6-15(17)16-7-2-4-9-18(16)19/h1-4,6-9,19-20H,5,10-14H2,(H,25,26). The van der Waals surface area contributed by atoms with Gasteiger partial charge in [0, 0.05) is 12.5 Å². The van der Waals surface area contributed by atoms with Crippen LogP contribution in [0, 0.1) is 5.41 Å². The zero-order valence-corrected chi connectivity index (χ0v) is 15.6. The summed E-state index contributed by atoms with van der Waals surface area (Å²) in [5.41, 5.74) is 4.66. The zero-order chi connectivity index (χ0) is 19.3. The van der Waals surface area contributed by atoms with Crippen molar-refractivity contribution in [1.82, 2.24) is 4.90 Å². The normalized spacial score (nSPS) is 21.9. The maximum atomic E-state index is 12.8. The van der Waals surface area contributed by atoms with Crippen LogP contribution in [0.25, 0.3) is 11.1 Å². The van der Waals surface area contributed by atoms with Crippen LogP contribution in [0.4, 0.5) is 4.79 Å². The first kappa shape index (κ1) is 17.3. The Kier molecular flexibility index (Phi) is 3.93. The van der Waals surface area contributed by atoms with Crippen LogP contribution in [0.3, 0.4) is 0 Å².